The van der Waals surface area contributed by atoms with Crippen LogP contribution in [0.2, 0.25) is 0 Å². The Morgan fingerprint density at radius 3 is 2.50 bits per heavy atom. The van der Waals surface area contributed by atoms with Crippen LogP contribution < -0.4 is 24.8 Å². The summed E-state index contributed by atoms with van der Waals surface area (Å²) in [5.41, 5.74) is -1.54. The number of sulfonamides is 1. The Kier molecular flexibility index (Phi) is 10.1. The van der Waals surface area contributed by atoms with E-state index in [0.29, 0.717) is 42.9 Å². The molecule has 5 fully saturated rings. The molecule has 8 rings (SSSR count). The number of rotatable bonds is 8. The molecule has 0 radical (unpaired) electrons. The number of fused-ring (bicyclic) bond motifs is 4. The summed E-state index contributed by atoms with van der Waals surface area (Å²) >= 11 is 0. The molecule has 6 aliphatic rings. The van der Waals surface area contributed by atoms with Gasteiger partial charge in [0.15, 0.2) is 11.6 Å². The summed E-state index contributed by atoms with van der Waals surface area (Å²) in [4.78, 5) is 62.2. The van der Waals surface area contributed by atoms with Crippen LogP contribution in [0.5, 0.6) is 11.6 Å². The van der Waals surface area contributed by atoms with Gasteiger partial charge in [0.2, 0.25) is 27.7 Å². The zero-order chi connectivity index (χ0) is 39.5. The molecule has 14 nitrogen and oxygen atoms in total. The highest BCUT2D eigenvalue weighted by molar-refractivity contribution is 7.91. The van der Waals surface area contributed by atoms with Gasteiger partial charge in [0.05, 0.1) is 18.9 Å². The van der Waals surface area contributed by atoms with Crippen LogP contribution in [-0.2, 0) is 29.1 Å². The first-order chi connectivity index (χ1) is 26.8. The predicted molar refractivity (Wildman–Crippen MR) is 201 cm³/mol. The Labute approximate surface area is 325 Å². The highest BCUT2D eigenvalue weighted by Gasteiger charge is 2.62. The number of aromatic nitrogens is 1. The molecule has 1 aromatic carbocycles. The highest BCUT2D eigenvalue weighted by atomic mass is 32.2. The van der Waals surface area contributed by atoms with Crippen molar-refractivity contribution in [2.75, 3.05) is 13.7 Å². The van der Waals surface area contributed by atoms with Gasteiger partial charge in [-0.05, 0) is 99.7 Å². The van der Waals surface area contributed by atoms with Crippen LogP contribution in [0.15, 0.2) is 36.5 Å². The van der Waals surface area contributed by atoms with Crippen molar-refractivity contribution in [3.63, 3.8) is 0 Å². The zero-order valence-corrected chi connectivity index (χ0v) is 32.7. The first kappa shape index (κ1) is 38.4. The summed E-state index contributed by atoms with van der Waals surface area (Å²) in [6.07, 6.45) is 9.36. The van der Waals surface area contributed by atoms with Crippen LogP contribution in [0.1, 0.15) is 78.1 Å². The number of carbonyl (C=O) groups is 4. The molecule has 2 aliphatic heterocycles. The quantitative estimate of drug-likeness (QED) is 0.329. The van der Waals surface area contributed by atoms with Crippen LogP contribution >= 0.6 is 0 Å². The van der Waals surface area contributed by atoms with E-state index in [1.807, 2.05) is 19.1 Å². The molecule has 2 unspecified atom stereocenters. The van der Waals surface area contributed by atoms with Gasteiger partial charge in [0.1, 0.15) is 29.8 Å². The SMILES string of the molecule is COc1ccc2c(O[C@@H]3C[C@H]4C(=O)N[C@]5(C(=O)NS(=O)(=O)C6CC6)CC5/C=C\CC[C@H](C)C[C@@H](C)[C@H](NC(=O)OC5C[C@@H]6C[C@@H]6C5)C(=O)N4C3)nccc2c1F. The average Bonchev–Trinajstić information content (AvgIpc) is 4.12. The molecular formula is C40H50FN5O9S. The van der Waals surface area contributed by atoms with E-state index < -0.39 is 74.5 Å². The molecule has 4 aliphatic carbocycles. The van der Waals surface area contributed by atoms with Crippen LogP contribution in [-0.4, -0.2) is 90.9 Å². The molecule has 3 N–H and O–H groups in total. The number of hydrogen-bond acceptors (Lipinski definition) is 10. The smallest absolute Gasteiger partial charge is 0.408 e. The minimum atomic E-state index is -3.92. The maximum atomic E-state index is 15.2. The largest absolute Gasteiger partial charge is 0.494 e. The van der Waals surface area contributed by atoms with Crippen molar-refractivity contribution in [1.29, 1.82) is 0 Å². The fourth-order valence-electron chi connectivity index (χ4n) is 9.15. The Bertz CT molecular complexity index is 2050. The maximum absolute atomic E-state index is 15.2. The van der Waals surface area contributed by atoms with Gasteiger partial charge >= 0.3 is 6.09 Å². The standard InChI is InChI=1S/C40H50FN5O9S/c1-21-6-4-5-7-25-19-40(25,38(49)45-56(51,52)28-8-9-28)44-35(47)31-18-27(54-36-30-10-11-32(53-3)33(41)29(30)12-13-42-36)20-46(31)37(48)34(22(2)14-21)43-39(50)55-26-16-23-15-24(23)17-26/h5,7,10-13,21-28,31,34H,4,6,8-9,14-20H2,1-3H3,(H,43,50)(H,44,47)(H,45,49)/b7-5-/t21-,22+,23-,24+,25?,26?,27+,31-,34-,40+/m0/s1. The van der Waals surface area contributed by atoms with Crippen molar-refractivity contribution in [3.8, 4) is 11.6 Å². The lowest BCUT2D eigenvalue weighted by atomic mass is 9.88. The lowest BCUT2D eigenvalue weighted by Crippen LogP contribution is -2.59. The number of allylic oxidation sites excluding steroid dienone is 1. The number of benzene rings is 1. The van der Waals surface area contributed by atoms with Crippen molar-refractivity contribution in [1.82, 2.24) is 25.2 Å². The monoisotopic (exact) mass is 795 g/mol. The lowest BCUT2D eigenvalue weighted by molar-refractivity contribution is -0.142. The molecule has 16 heteroatoms. The van der Waals surface area contributed by atoms with Crippen LogP contribution in [0.25, 0.3) is 10.8 Å². The summed E-state index contributed by atoms with van der Waals surface area (Å²) in [7, 11) is -2.56. The Balaban J connectivity index is 1.10. The van der Waals surface area contributed by atoms with Gasteiger partial charge in [-0.2, -0.15) is 0 Å². The normalized spacial score (nSPS) is 34.8. The van der Waals surface area contributed by atoms with E-state index in [0.717, 1.165) is 25.7 Å². The summed E-state index contributed by atoms with van der Waals surface area (Å²) in [5, 5.41) is 5.67. The third-order valence-electron chi connectivity index (χ3n) is 12.7. The second-order valence-electron chi connectivity index (χ2n) is 16.9. The maximum Gasteiger partial charge on any atom is 0.408 e. The first-order valence-electron chi connectivity index (χ1n) is 19.9. The summed E-state index contributed by atoms with van der Waals surface area (Å²) < 4.78 is 60.5. The number of methoxy groups -OCH3 is 1. The number of carbonyl (C=O) groups excluding carboxylic acids is 4. The van der Waals surface area contributed by atoms with E-state index in [-0.39, 0.29) is 54.3 Å². The number of nitrogens with one attached hydrogen (secondary N) is 3. The van der Waals surface area contributed by atoms with Gasteiger partial charge in [-0.1, -0.05) is 26.0 Å². The molecule has 0 spiro atoms. The van der Waals surface area contributed by atoms with Crippen molar-refractivity contribution < 1.29 is 46.2 Å². The minimum absolute atomic E-state index is 0.0281. The molecule has 0 bridgehead atoms. The van der Waals surface area contributed by atoms with Gasteiger partial charge in [0.25, 0.3) is 5.91 Å². The van der Waals surface area contributed by atoms with Crippen LogP contribution in [0.3, 0.4) is 0 Å². The fraction of sp³-hybridized carbons (Fsp3) is 0.625. The van der Waals surface area contributed by atoms with Gasteiger partial charge in [-0.15, -0.1) is 0 Å². The number of alkyl carbamates (subject to hydrolysis) is 1. The van der Waals surface area contributed by atoms with E-state index in [1.54, 1.807) is 6.07 Å². The molecule has 2 aromatic rings. The molecule has 10 atom stereocenters. The fourth-order valence-corrected chi connectivity index (χ4v) is 10.5. The van der Waals surface area contributed by atoms with E-state index in [9.17, 15) is 27.6 Å². The molecule has 3 heterocycles. The first-order valence-corrected chi connectivity index (χ1v) is 21.4. The van der Waals surface area contributed by atoms with Crippen molar-refractivity contribution in [2.24, 2.45) is 29.6 Å². The van der Waals surface area contributed by atoms with Crippen LogP contribution in [0, 0.1) is 35.4 Å². The Hall–Kier alpha value is -4.47. The van der Waals surface area contributed by atoms with Gasteiger partial charge in [-0.25, -0.2) is 22.6 Å². The van der Waals surface area contributed by atoms with Gasteiger partial charge in [0, 0.05) is 29.3 Å². The predicted octanol–water partition coefficient (Wildman–Crippen LogP) is 4.12. The zero-order valence-electron chi connectivity index (χ0n) is 31.9. The van der Waals surface area contributed by atoms with Crippen molar-refractivity contribution in [3.05, 3.63) is 42.4 Å². The summed E-state index contributed by atoms with van der Waals surface area (Å²) in [5.74, 6) is -1.94. The lowest BCUT2D eigenvalue weighted by Gasteiger charge is -2.33. The van der Waals surface area contributed by atoms with Crippen LogP contribution in [0.4, 0.5) is 9.18 Å². The molecule has 4 saturated carbocycles. The molecular weight excluding hydrogens is 746 g/mol. The Morgan fingerprint density at radius 2 is 1.77 bits per heavy atom. The number of nitrogens with zero attached hydrogens (tertiary/aromatic N) is 2. The summed E-state index contributed by atoms with van der Waals surface area (Å²) in [6.45, 7) is 3.89. The third-order valence-corrected chi connectivity index (χ3v) is 14.5. The topological polar surface area (TPSA) is 182 Å². The minimum Gasteiger partial charge on any atom is -0.494 e. The van der Waals surface area contributed by atoms with Crippen molar-refractivity contribution >= 4 is 44.6 Å². The van der Waals surface area contributed by atoms with Gasteiger partial charge in [-0.3, -0.25) is 19.1 Å². The van der Waals surface area contributed by atoms with E-state index in [2.05, 4.69) is 27.3 Å². The van der Waals surface area contributed by atoms with E-state index in [1.165, 1.54) is 30.3 Å². The van der Waals surface area contributed by atoms with E-state index in [4.69, 9.17) is 14.2 Å². The molecule has 4 amide bonds. The summed E-state index contributed by atoms with van der Waals surface area (Å²) in [6, 6.07) is 2.35. The highest BCUT2D eigenvalue weighted by Crippen LogP contribution is 2.52. The molecule has 1 saturated heterocycles. The Morgan fingerprint density at radius 1 is 1.00 bits per heavy atom. The van der Waals surface area contributed by atoms with Crippen molar-refractivity contribution in [2.45, 2.75) is 113 Å². The molecule has 302 valence electrons. The molecule has 56 heavy (non-hydrogen) atoms. The number of pyridine rings is 1. The number of halogens is 1. The second-order valence-corrected chi connectivity index (χ2v) is 18.9. The molecule has 1 aromatic heterocycles. The number of hydrogen-bond donors (Lipinski definition) is 3. The second kappa shape index (κ2) is 14.8. The van der Waals surface area contributed by atoms with Gasteiger partial charge < -0.3 is 29.7 Å². The number of ether oxygens (including phenoxy) is 3. The van der Waals surface area contributed by atoms with E-state index >= 15 is 4.39 Å². The number of amides is 4. The third kappa shape index (κ3) is 7.64. The average molecular weight is 796 g/mol.